The molecule has 0 amide bonds. The predicted molar refractivity (Wildman–Crippen MR) is 109 cm³/mol. The highest BCUT2D eigenvalue weighted by Gasteiger charge is 2.11. The van der Waals surface area contributed by atoms with Gasteiger partial charge in [-0.05, 0) is 44.0 Å². The first kappa shape index (κ1) is 18.4. The molecule has 0 saturated carbocycles. The normalized spacial score (nSPS) is 11.7. The minimum absolute atomic E-state index is 0.808. The van der Waals surface area contributed by atoms with E-state index in [4.69, 9.17) is 14.5 Å². The topological polar surface area (TPSA) is 42.8 Å². The summed E-state index contributed by atoms with van der Waals surface area (Å²) < 4.78 is 7.55. The lowest BCUT2D eigenvalue weighted by Gasteiger charge is -2.06. The van der Waals surface area contributed by atoms with Crippen LogP contribution in [0.15, 0.2) is 62.6 Å². The van der Waals surface area contributed by atoms with Crippen molar-refractivity contribution in [2.75, 3.05) is 0 Å². The van der Waals surface area contributed by atoms with E-state index in [1.54, 1.807) is 17.6 Å². The molecular weight excluding hydrogens is 342 g/mol. The zero-order valence-corrected chi connectivity index (χ0v) is 16.4. The molecule has 136 valence electrons. The van der Waals surface area contributed by atoms with E-state index < -0.39 is 0 Å². The molecule has 0 aliphatic heterocycles. The maximum Gasteiger partial charge on any atom is 0.211 e. The molecule has 5 heteroatoms. The maximum absolute atomic E-state index is 5.62. The van der Waals surface area contributed by atoms with E-state index in [0.29, 0.717) is 0 Å². The average Bonchev–Trinajstić information content (AvgIpc) is 3.28. The Balaban J connectivity index is 2.13. The molecule has 0 saturated heterocycles. The molecule has 3 aromatic rings. The lowest BCUT2D eigenvalue weighted by atomic mass is 10.1. The monoisotopic (exact) mass is 367 g/mol. The Labute approximate surface area is 158 Å². The van der Waals surface area contributed by atoms with Crippen molar-refractivity contribution in [3.05, 3.63) is 58.4 Å². The minimum Gasteiger partial charge on any atom is -0.463 e. The highest BCUT2D eigenvalue weighted by molar-refractivity contribution is 7.07. The molecule has 4 nitrogen and oxygen atoms in total. The van der Waals surface area contributed by atoms with Crippen LogP contribution in [0.3, 0.4) is 0 Å². The standard InChI is InChI=1S/C21H25N3OS/c1-4-7-18(8-5-2)23-24-19(20-9-6-14-25-20)15-26-21(24)22-17-12-10-16(3)11-13-17/h6,9-15H,4-5,7-8H2,1-3H3. The van der Waals surface area contributed by atoms with E-state index in [-0.39, 0.29) is 0 Å². The van der Waals surface area contributed by atoms with Gasteiger partial charge in [0.05, 0.1) is 12.0 Å². The molecular formula is C21H25N3OS. The highest BCUT2D eigenvalue weighted by Crippen LogP contribution is 2.22. The summed E-state index contributed by atoms with van der Waals surface area (Å²) in [5.41, 5.74) is 4.30. The molecule has 2 heterocycles. The van der Waals surface area contributed by atoms with Crippen molar-refractivity contribution in [3.8, 4) is 11.5 Å². The fourth-order valence-corrected chi connectivity index (χ4v) is 3.57. The van der Waals surface area contributed by atoms with E-state index in [0.717, 1.165) is 47.6 Å². The van der Waals surface area contributed by atoms with Crippen molar-refractivity contribution in [2.24, 2.45) is 10.1 Å². The second-order valence-corrected chi connectivity index (χ2v) is 7.14. The van der Waals surface area contributed by atoms with Crippen molar-refractivity contribution in [1.82, 2.24) is 4.68 Å². The van der Waals surface area contributed by atoms with E-state index in [1.807, 2.05) is 28.9 Å². The van der Waals surface area contributed by atoms with Gasteiger partial charge in [0.2, 0.25) is 4.80 Å². The van der Waals surface area contributed by atoms with Gasteiger partial charge in [-0.1, -0.05) is 44.4 Å². The Kier molecular flexibility index (Phi) is 6.23. The van der Waals surface area contributed by atoms with Crippen LogP contribution in [0.5, 0.6) is 0 Å². The largest absolute Gasteiger partial charge is 0.463 e. The van der Waals surface area contributed by atoms with Gasteiger partial charge in [-0.2, -0.15) is 5.10 Å². The number of thiazole rings is 1. The quantitative estimate of drug-likeness (QED) is 0.461. The van der Waals surface area contributed by atoms with Crippen LogP contribution in [0.4, 0.5) is 5.69 Å². The second-order valence-electron chi connectivity index (χ2n) is 6.31. The summed E-state index contributed by atoms with van der Waals surface area (Å²) in [5, 5.41) is 7.02. The number of aryl methyl sites for hydroxylation is 1. The molecule has 0 fully saturated rings. The summed E-state index contributed by atoms with van der Waals surface area (Å²) in [5.74, 6) is 0.808. The van der Waals surface area contributed by atoms with E-state index in [1.165, 1.54) is 11.3 Å². The first-order valence-electron chi connectivity index (χ1n) is 9.13. The molecule has 0 aliphatic rings. The Morgan fingerprint density at radius 3 is 2.42 bits per heavy atom. The summed E-state index contributed by atoms with van der Waals surface area (Å²) >= 11 is 1.58. The number of hydrogen-bond donors (Lipinski definition) is 0. The van der Waals surface area contributed by atoms with Crippen molar-refractivity contribution >= 4 is 22.7 Å². The van der Waals surface area contributed by atoms with Crippen LogP contribution in [-0.4, -0.2) is 10.4 Å². The number of hydrogen-bond acceptors (Lipinski definition) is 4. The van der Waals surface area contributed by atoms with Crippen molar-refractivity contribution in [2.45, 2.75) is 46.5 Å². The summed E-state index contributed by atoms with van der Waals surface area (Å²) in [6.07, 6.45) is 5.86. The third-order valence-electron chi connectivity index (χ3n) is 4.04. The Morgan fingerprint density at radius 1 is 1.08 bits per heavy atom. The van der Waals surface area contributed by atoms with Crippen molar-refractivity contribution in [3.63, 3.8) is 0 Å². The van der Waals surface area contributed by atoms with Gasteiger partial charge < -0.3 is 4.42 Å². The molecule has 0 aliphatic carbocycles. The molecule has 0 bridgehead atoms. The molecule has 0 spiro atoms. The first-order chi connectivity index (χ1) is 12.7. The van der Waals surface area contributed by atoms with Crippen molar-refractivity contribution in [1.29, 1.82) is 0 Å². The molecule has 26 heavy (non-hydrogen) atoms. The van der Waals surface area contributed by atoms with E-state index in [9.17, 15) is 0 Å². The van der Waals surface area contributed by atoms with Gasteiger partial charge in [-0.3, -0.25) is 0 Å². The Bertz CT molecular complexity index is 907. The third kappa shape index (κ3) is 4.41. The minimum atomic E-state index is 0.808. The Morgan fingerprint density at radius 2 is 1.81 bits per heavy atom. The predicted octanol–water partition coefficient (Wildman–Crippen LogP) is 6.15. The smallest absolute Gasteiger partial charge is 0.211 e. The van der Waals surface area contributed by atoms with Gasteiger partial charge in [-0.15, -0.1) is 11.3 Å². The lowest BCUT2D eigenvalue weighted by Crippen LogP contribution is -2.14. The van der Waals surface area contributed by atoms with Crippen LogP contribution < -0.4 is 4.80 Å². The van der Waals surface area contributed by atoms with E-state index in [2.05, 4.69) is 38.3 Å². The SMILES string of the molecule is CCCC(CCC)=Nn1c(-c2ccco2)csc1=Nc1ccc(C)cc1. The van der Waals surface area contributed by atoms with Gasteiger partial charge in [0.25, 0.3) is 0 Å². The van der Waals surface area contributed by atoms with Crippen LogP contribution in [0.2, 0.25) is 0 Å². The average molecular weight is 368 g/mol. The van der Waals surface area contributed by atoms with Crippen LogP contribution in [-0.2, 0) is 0 Å². The molecule has 0 N–H and O–H groups in total. The number of rotatable bonds is 7. The summed E-state index contributed by atoms with van der Waals surface area (Å²) in [6, 6.07) is 12.1. The molecule has 0 unspecified atom stereocenters. The summed E-state index contributed by atoms with van der Waals surface area (Å²) in [4.78, 5) is 5.67. The second kappa shape index (κ2) is 8.81. The summed E-state index contributed by atoms with van der Waals surface area (Å²) in [7, 11) is 0. The van der Waals surface area contributed by atoms with Crippen LogP contribution in [0.25, 0.3) is 11.5 Å². The zero-order chi connectivity index (χ0) is 18.4. The summed E-state index contributed by atoms with van der Waals surface area (Å²) in [6.45, 7) is 6.46. The van der Waals surface area contributed by atoms with Gasteiger partial charge >= 0.3 is 0 Å². The number of benzene rings is 1. The van der Waals surface area contributed by atoms with Crippen LogP contribution >= 0.6 is 11.3 Å². The third-order valence-corrected chi connectivity index (χ3v) is 4.85. The fraction of sp³-hybridized carbons (Fsp3) is 0.333. The Hall–Kier alpha value is -2.40. The molecule has 2 aromatic heterocycles. The van der Waals surface area contributed by atoms with Crippen LogP contribution in [0.1, 0.15) is 45.1 Å². The highest BCUT2D eigenvalue weighted by atomic mass is 32.1. The van der Waals surface area contributed by atoms with Gasteiger partial charge in [0.15, 0.2) is 5.76 Å². The first-order valence-corrected chi connectivity index (χ1v) is 10.0. The van der Waals surface area contributed by atoms with Crippen LogP contribution in [0, 0.1) is 6.92 Å². The molecule has 3 rings (SSSR count). The number of aromatic nitrogens is 1. The lowest BCUT2D eigenvalue weighted by molar-refractivity contribution is 0.575. The number of furan rings is 1. The van der Waals surface area contributed by atoms with E-state index >= 15 is 0 Å². The van der Waals surface area contributed by atoms with Gasteiger partial charge in [0, 0.05) is 11.1 Å². The van der Waals surface area contributed by atoms with Gasteiger partial charge in [0.1, 0.15) is 5.69 Å². The molecule has 0 atom stereocenters. The molecule has 0 radical (unpaired) electrons. The van der Waals surface area contributed by atoms with Gasteiger partial charge in [-0.25, -0.2) is 9.67 Å². The maximum atomic E-state index is 5.62. The molecule has 1 aromatic carbocycles. The fourth-order valence-electron chi connectivity index (χ4n) is 2.74. The number of nitrogens with zero attached hydrogens (tertiary/aromatic N) is 3. The zero-order valence-electron chi connectivity index (χ0n) is 15.6. The van der Waals surface area contributed by atoms with Crippen molar-refractivity contribution < 1.29 is 4.42 Å².